The van der Waals surface area contributed by atoms with Crippen LogP contribution in [0.4, 0.5) is 0 Å². The van der Waals surface area contributed by atoms with Crippen molar-refractivity contribution in [2.24, 2.45) is 0 Å². The molecule has 6 nitrogen and oxygen atoms in total. The molecule has 1 amide bonds. The first kappa shape index (κ1) is 20.0. The number of halogens is 1. The van der Waals surface area contributed by atoms with E-state index in [1.54, 1.807) is 6.20 Å². The van der Waals surface area contributed by atoms with E-state index >= 15 is 0 Å². The molecule has 0 atom stereocenters. The van der Waals surface area contributed by atoms with Crippen molar-refractivity contribution in [3.05, 3.63) is 113 Å². The molecule has 0 aliphatic heterocycles. The molecular formula is C25H20ClN5O. The Morgan fingerprint density at radius 2 is 1.81 bits per heavy atom. The van der Waals surface area contributed by atoms with Crippen LogP contribution in [0, 0.1) is 0 Å². The Bertz CT molecular complexity index is 1370. The molecule has 0 unspecified atom stereocenters. The Kier molecular flexibility index (Phi) is 5.44. The lowest BCUT2D eigenvalue weighted by atomic mass is 10.2. The maximum Gasteiger partial charge on any atom is 0.272 e. The van der Waals surface area contributed by atoms with Gasteiger partial charge in [-0.25, -0.2) is 4.98 Å². The van der Waals surface area contributed by atoms with Crippen molar-refractivity contribution in [3.63, 3.8) is 0 Å². The molecule has 0 saturated carbocycles. The standard InChI is InChI=1S/C25H20ClN5O/c26-20-9-7-18(8-10-20)15-28-25(32)23-22-6-2-4-13-31(22)24(29-23)19-11-14-30(16-19)17-21-5-1-3-12-27-21/h1-14,16H,15,17H2,(H,28,32). The number of nitrogens with one attached hydrogen (secondary N) is 1. The Hall–Kier alpha value is -3.90. The van der Waals surface area contributed by atoms with Gasteiger partial charge in [-0.1, -0.05) is 35.9 Å². The molecule has 158 valence electrons. The Balaban J connectivity index is 1.41. The molecule has 0 spiro atoms. The van der Waals surface area contributed by atoms with Crippen LogP contribution in [0.15, 0.2) is 91.5 Å². The zero-order valence-electron chi connectivity index (χ0n) is 17.1. The van der Waals surface area contributed by atoms with Gasteiger partial charge in [-0.05, 0) is 48.0 Å². The maximum atomic E-state index is 13.0. The number of hydrogen-bond donors (Lipinski definition) is 1. The van der Waals surface area contributed by atoms with Gasteiger partial charge in [0.1, 0.15) is 5.82 Å². The third-order valence-electron chi connectivity index (χ3n) is 5.21. The second kappa shape index (κ2) is 8.69. The van der Waals surface area contributed by atoms with Crippen molar-refractivity contribution < 1.29 is 4.79 Å². The SMILES string of the molecule is O=C(NCc1ccc(Cl)cc1)c1nc(-c2ccn(Cc3ccccn3)c2)n2ccccc12. The minimum atomic E-state index is -0.220. The number of amides is 1. The fourth-order valence-electron chi connectivity index (χ4n) is 3.63. The van der Waals surface area contributed by atoms with Crippen LogP contribution in [0.3, 0.4) is 0 Å². The number of rotatable bonds is 6. The summed E-state index contributed by atoms with van der Waals surface area (Å²) in [5.41, 5.74) is 4.03. The molecule has 32 heavy (non-hydrogen) atoms. The van der Waals surface area contributed by atoms with Crippen LogP contribution >= 0.6 is 11.6 Å². The van der Waals surface area contributed by atoms with E-state index in [-0.39, 0.29) is 5.91 Å². The zero-order chi connectivity index (χ0) is 21.9. The second-order valence-electron chi connectivity index (χ2n) is 7.44. The molecule has 0 aliphatic carbocycles. The molecular weight excluding hydrogens is 422 g/mol. The average molecular weight is 442 g/mol. The molecule has 5 aromatic rings. The molecule has 0 bridgehead atoms. The summed E-state index contributed by atoms with van der Waals surface area (Å²) in [6.45, 7) is 1.07. The van der Waals surface area contributed by atoms with Crippen molar-refractivity contribution in [1.82, 2.24) is 24.3 Å². The first-order valence-corrected chi connectivity index (χ1v) is 10.6. The van der Waals surface area contributed by atoms with E-state index < -0.39 is 0 Å². The highest BCUT2D eigenvalue weighted by Gasteiger charge is 2.18. The highest BCUT2D eigenvalue weighted by Crippen LogP contribution is 2.23. The molecule has 4 aromatic heterocycles. The summed E-state index contributed by atoms with van der Waals surface area (Å²) in [5, 5.41) is 3.62. The smallest absolute Gasteiger partial charge is 0.272 e. The summed E-state index contributed by atoms with van der Waals surface area (Å²) in [4.78, 5) is 22.1. The van der Waals surface area contributed by atoms with E-state index in [2.05, 4.69) is 14.9 Å². The van der Waals surface area contributed by atoms with Crippen LogP contribution in [0.1, 0.15) is 21.7 Å². The van der Waals surface area contributed by atoms with Gasteiger partial charge >= 0.3 is 0 Å². The maximum absolute atomic E-state index is 13.0. The summed E-state index contributed by atoms with van der Waals surface area (Å²) < 4.78 is 4.00. The number of carbonyl (C=O) groups is 1. The fraction of sp³-hybridized carbons (Fsp3) is 0.0800. The van der Waals surface area contributed by atoms with Gasteiger partial charge in [-0.2, -0.15) is 0 Å². The van der Waals surface area contributed by atoms with Gasteiger partial charge in [-0.3, -0.25) is 14.2 Å². The van der Waals surface area contributed by atoms with Crippen LogP contribution in [0.2, 0.25) is 5.02 Å². The Morgan fingerprint density at radius 3 is 2.62 bits per heavy atom. The number of aromatic nitrogens is 4. The van der Waals surface area contributed by atoms with Crippen molar-refractivity contribution in [1.29, 1.82) is 0 Å². The van der Waals surface area contributed by atoms with Crippen LogP contribution in [0.25, 0.3) is 16.9 Å². The molecule has 5 rings (SSSR count). The van der Waals surface area contributed by atoms with Gasteiger partial charge in [0, 0.05) is 41.9 Å². The highest BCUT2D eigenvalue weighted by molar-refractivity contribution is 6.30. The Morgan fingerprint density at radius 1 is 0.969 bits per heavy atom. The average Bonchev–Trinajstić information content (AvgIpc) is 3.44. The van der Waals surface area contributed by atoms with Gasteiger partial charge < -0.3 is 9.88 Å². The van der Waals surface area contributed by atoms with E-state index in [1.807, 2.05) is 89.7 Å². The van der Waals surface area contributed by atoms with Crippen LogP contribution in [-0.2, 0) is 13.1 Å². The van der Waals surface area contributed by atoms with Gasteiger partial charge in [0.25, 0.3) is 5.91 Å². The molecule has 4 heterocycles. The van der Waals surface area contributed by atoms with E-state index in [4.69, 9.17) is 16.6 Å². The topological polar surface area (TPSA) is 64.2 Å². The first-order valence-electron chi connectivity index (χ1n) is 10.2. The summed E-state index contributed by atoms with van der Waals surface area (Å²) >= 11 is 5.94. The minimum absolute atomic E-state index is 0.220. The quantitative estimate of drug-likeness (QED) is 0.410. The molecule has 0 aliphatic rings. The normalized spacial score (nSPS) is 11.0. The van der Waals surface area contributed by atoms with Gasteiger partial charge in [0.05, 0.1) is 17.8 Å². The van der Waals surface area contributed by atoms with E-state index in [0.717, 1.165) is 28.2 Å². The lowest BCUT2D eigenvalue weighted by Crippen LogP contribution is -2.23. The number of carbonyl (C=O) groups excluding carboxylic acids is 1. The van der Waals surface area contributed by atoms with Crippen molar-refractivity contribution >= 4 is 23.0 Å². The van der Waals surface area contributed by atoms with Crippen LogP contribution in [-0.4, -0.2) is 24.8 Å². The lowest BCUT2D eigenvalue weighted by molar-refractivity contribution is 0.0948. The van der Waals surface area contributed by atoms with E-state index in [0.29, 0.717) is 23.8 Å². The van der Waals surface area contributed by atoms with Gasteiger partial charge in [-0.15, -0.1) is 0 Å². The highest BCUT2D eigenvalue weighted by atomic mass is 35.5. The second-order valence-corrected chi connectivity index (χ2v) is 7.88. The monoisotopic (exact) mass is 441 g/mol. The number of fused-ring (bicyclic) bond motifs is 1. The van der Waals surface area contributed by atoms with Crippen LogP contribution in [0.5, 0.6) is 0 Å². The molecule has 7 heteroatoms. The van der Waals surface area contributed by atoms with Crippen LogP contribution < -0.4 is 5.32 Å². The molecule has 0 fully saturated rings. The number of benzene rings is 1. The number of pyridine rings is 2. The summed E-state index contributed by atoms with van der Waals surface area (Å²) in [6.07, 6.45) is 7.72. The summed E-state index contributed by atoms with van der Waals surface area (Å²) in [6, 6.07) is 21.0. The summed E-state index contributed by atoms with van der Waals surface area (Å²) in [5.74, 6) is 0.500. The predicted molar refractivity (Wildman–Crippen MR) is 125 cm³/mol. The predicted octanol–water partition coefficient (Wildman–Crippen LogP) is 4.83. The number of nitrogens with zero attached hydrogens (tertiary/aromatic N) is 4. The number of hydrogen-bond acceptors (Lipinski definition) is 3. The third-order valence-corrected chi connectivity index (χ3v) is 5.46. The largest absolute Gasteiger partial charge is 0.348 e. The summed E-state index contributed by atoms with van der Waals surface area (Å²) in [7, 11) is 0. The minimum Gasteiger partial charge on any atom is -0.348 e. The van der Waals surface area contributed by atoms with E-state index in [9.17, 15) is 4.79 Å². The first-order chi connectivity index (χ1) is 15.7. The Labute approximate surface area is 190 Å². The van der Waals surface area contributed by atoms with Gasteiger partial charge in [0.15, 0.2) is 5.69 Å². The third kappa shape index (κ3) is 4.13. The van der Waals surface area contributed by atoms with Crippen molar-refractivity contribution in [2.75, 3.05) is 0 Å². The molecule has 0 saturated heterocycles. The molecule has 1 aromatic carbocycles. The van der Waals surface area contributed by atoms with Crippen molar-refractivity contribution in [2.45, 2.75) is 13.1 Å². The number of imidazole rings is 1. The zero-order valence-corrected chi connectivity index (χ0v) is 17.9. The fourth-order valence-corrected chi connectivity index (χ4v) is 3.75. The van der Waals surface area contributed by atoms with E-state index in [1.165, 1.54) is 0 Å². The molecule has 1 N–H and O–H groups in total. The van der Waals surface area contributed by atoms with Gasteiger partial charge in [0.2, 0.25) is 0 Å². The molecule has 0 radical (unpaired) electrons. The van der Waals surface area contributed by atoms with Crippen molar-refractivity contribution in [3.8, 4) is 11.4 Å². The lowest BCUT2D eigenvalue weighted by Gasteiger charge is -2.04.